The van der Waals surface area contributed by atoms with Crippen molar-refractivity contribution in [2.75, 3.05) is 6.54 Å². The third-order valence-corrected chi connectivity index (χ3v) is 4.52. The van der Waals surface area contributed by atoms with Crippen molar-refractivity contribution < 1.29 is 0 Å². The van der Waals surface area contributed by atoms with Crippen LogP contribution < -0.4 is 10.6 Å². The van der Waals surface area contributed by atoms with Gasteiger partial charge in [-0.15, -0.1) is 0 Å². The minimum absolute atomic E-state index is 0.567. The zero-order valence-corrected chi connectivity index (χ0v) is 11.9. The summed E-state index contributed by atoms with van der Waals surface area (Å²) in [6.07, 6.45) is 6.74. The van der Waals surface area contributed by atoms with E-state index < -0.39 is 0 Å². The molecule has 1 saturated heterocycles. The number of hydrogen-bond acceptors (Lipinski definition) is 2. The Hall–Kier alpha value is -0.860. The van der Waals surface area contributed by atoms with Crippen molar-refractivity contribution in [2.45, 2.75) is 57.2 Å². The number of rotatable bonds is 6. The van der Waals surface area contributed by atoms with Crippen molar-refractivity contribution >= 4 is 0 Å². The van der Waals surface area contributed by atoms with Gasteiger partial charge in [-0.3, -0.25) is 0 Å². The van der Waals surface area contributed by atoms with Crippen molar-refractivity contribution in [2.24, 2.45) is 5.92 Å². The topological polar surface area (TPSA) is 24.1 Å². The van der Waals surface area contributed by atoms with Gasteiger partial charge >= 0.3 is 0 Å². The molecule has 0 aromatic heterocycles. The van der Waals surface area contributed by atoms with Gasteiger partial charge in [0.1, 0.15) is 0 Å². The van der Waals surface area contributed by atoms with Gasteiger partial charge in [-0.25, -0.2) is 0 Å². The van der Waals surface area contributed by atoms with Crippen LogP contribution >= 0.6 is 0 Å². The summed E-state index contributed by atoms with van der Waals surface area (Å²) in [5, 5.41) is 7.49. The fraction of sp³-hybridized carbons (Fsp3) is 0.647. The van der Waals surface area contributed by atoms with Crippen LogP contribution in [0.3, 0.4) is 0 Å². The normalized spacial score (nSPS) is 26.3. The molecule has 0 spiro atoms. The first-order valence-electron chi connectivity index (χ1n) is 7.87. The summed E-state index contributed by atoms with van der Waals surface area (Å²) in [5.41, 5.74) is 1.47. The molecule has 19 heavy (non-hydrogen) atoms. The van der Waals surface area contributed by atoms with Crippen molar-refractivity contribution in [3.63, 3.8) is 0 Å². The molecule has 1 aromatic rings. The summed E-state index contributed by atoms with van der Waals surface area (Å²) in [6.45, 7) is 3.56. The van der Waals surface area contributed by atoms with E-state index >= 15 is 0 Å². The summed E-state index contributed by atoms with van der Waals surface area (Å²) in [4.78, 5) is 0. The van der Waals surface area contributed by atoms with Crippen molar-refractivity contribution in [1.29, 1.82) is 0 Å². The van der Waals surface area contributed by atoms with Gasteiger partial charge in [0.05, 0.1) is 0 Å². The fourth-order valence-electron chi connectivity index (χ4n) is 3.35. The largest absolute Gasteiger partial charge is 0.314 e. The molecule has 1 aromatic carbocycles. The average Bonchev–Trinajstić information content (AvgIpc) is 3.15. The van der Waals surface area contributed by atoms with Crippen LogP contribution in [-0.2, 0) is 0 Å². The molecular formula is C17H26N2. The summed E-state index contributed by atoms with van der Waals surface area (Å²) in [5.74, 6) is 0.862. The molecule has 3 unspecified atom stereocenters. The van der Waals surface area contributed by atoms with Crippen LogP contribution in [0.25, 0.3) is 0 Å². The average molecular weight is 258 g/mol. The van der Waals surface area contributed by atoms with Gasteiger partial charge in [-0.05, 0) is 57.1 Å². The van der Waals surface area contributed by atoms with E-state index in [-0.39, 0.29) is 0 Å². The van der Waals surface area contributed by atoms with E-state index in [0.717, 1.165) is 12.0 Å². The maximum absolute atomic E-state index is 3.88. The zero-order chi connectivity index (χ0) is 13.1. The Morgan fingerprint density at radius 1 is 1.21 bits per heavy atom. The molecule has 1 saturated carbocycles. The molecule has 1 aliphatic carbocycles. The molecule has 2 heteroatoms. The van der Waals surface area contributed by atoms with E-state index in [9.17, 15) is 0 Å². The van der Waals surface area contributed by atoms with Crippen LogP contribution in [0.4, 0.5) is 0 Å². The standard InChI is InChI=1S/C17H26N2/c1-13(12-16-8-5-11-18-16)19-17(15-9-10-15)14-6-3-2-4-7-14/h2-4,6-7,13,15-19H,5,8-12H2,1H3. The molecule has 0 radical (unpaired) electrons. The van der Waals surface area contributed by atoms with Crippen LogP contribution in [-0.4, -0.2) is 18.6 Å². The first-order valence-corrected chi connectivity index (χ1v) is 7.87. The summed E-state index contributed by atoms with van der Waals surface area (Å²) >= 11 is 0. The molecule has 2 nitrogen and oxygen atoms in total. The van der Waals surface area contributed by atoms with Crippen LogP contribution in [0.5, 0.6) is 0 Å². The fourth-order valence-corrected chi connectivity index (χ4v) is 3.35. The van der Waals surface area contributed by atoms with Crippen LogP contribution in [0, 0.1) is 5.92 Å². The zero-order valence-electron chi connectivity index (χ0n) is 11.9. The molecule has 0 amide bonds. The molecule has 104 valence electrons. The Labute approximate surface area is 117 Å². The van der Waals surface area contributed by atoms with Gasteiger partial charge in [-0.2, -0.15) is 0 Å². The summed E-state index contributed by atoms with van der Waals surface area (Å²) in [7, 11) is 0. The quantitative estimate of drug-likeness (QED) is 0.818. The molecule has 2 aliphatic rings. The minimum Gasteiger partial charge on any atom is -0.314 e. The highest BCUT2D eigenvalue weighted by molar-refractivity contribution is 5.21. The Morgan fingerprint density at radius 2 is 2.00 bits per heavy atom. The molecular weight excluding hydrogens is 232 g/mol. The molecule has 2 fully saturated rings. The van der Waals surface area contributed by atoms with E-state index in [2.05, 4.69) is 47.9 Å². The molecule has 1 heterocycles. The first-order chi connectivity index (χ1) is 9.33. The second kappa shape index (κ2) is 6.06. The Kier molecular flexibility index (Phi) is 4.19. The molecule has 3 atom stereocenters. The Bertz CT molecular complexity index is 380. The van der Waals surface area contributed by atoms with Crippen molar-refractivity contribution in [3.8, 4) is 0 Å². The van der Waals surface area contributed by atoms with Crippen molar-refractivity contribution in [3.05, 3.63) is 35.9 Å². The first kappa shape index (κ1) is 13.1. The number of nitrogens with one attached hydrogen (secondary N) is 2. The lowest BCUT2D eigenvalue weighted by Crippen LogP contribution is -2.36. The lowest BCUT2D eigenvalue weighted by molar-refractivity contribution is 0.373. The Balaban J connectivity index is 1.58. The molecule has 3 rings (SSSR count). The maximum Gasteiger partial charge on any atom is 0.0350 e. The van der Waals surface area contributed by atoms with Gasteiger partial charge in [0.15, 0.2) is 0 Å². The monoisotopic (exact) mass is 258 g/mol. The predicted molar refractivity (Wildman–Crippen MR) is 80.1 cm³/mol. The number of benzene rings is 1. The van der Waals surface area contributed by atoms with Crippen LogP contribution in [0.2, 0.25) is 0 Å². The van der Waals surface area contributed by atoms with Gasteiger partial charge < -0.3 is 10.6 Å². The van der Waals surface area contributed by atoms with Gasteiger partial charge in [-0.1, -0.05) is 30.3 Å². The highest BCUT2D eigenvalue weighted by Gasteiger charge is 2.33. The number of hydrogen-bond donors (Lipinski definition) is 2. The van der Waals surface area contributed by atoms with Crippen LogP contribution in [0.15, 0.2) is 30.3 Å². The lowest BCUT2D eigenvalue weighted by atomic mass is 9.99. The smallest absolute Gasteiger partial charge is 0.0350 e. The van der Waals surface area contributed by atoms with E-state index in [1.807, 2.05) is 0 Å². The predicted octanol–water partition coefficient (Wildman–Crippen LogP) is 3.26. The second-order valence-corrected chi connectivity index (χ2v) is 6.32. The molecule has 0 bridgehead atoms. The van der Waals surface area contributed by atoms with E-state index in [4.69, 9.17) is 0 Å². The summed E-state index contributed by atoms with van der Waals surface area (Å²) < 4.78 is 0. The van der Waals surface area contributed by atoms with E-state index in [1.54, 1.807) is 0 Å². The third-order valence-electron chi connectivity index (χ3n) is 4.52. The van der Waals surface area contributed by atoms with Gasteiger partial charge in [0, 0.05) is 18.1 Å². The van der Waals surface area contributed by atoms with Gasteiger partial charge in [0.25, 0.3) is 0 Å². The van der Waals surface area contributed by atoms with Crippen LogP contribution in [0.1, 0.15) is 50.6 Å². The van der Waals surface area contributed by atoms with Gasteiger partial charge in [0.2, 0.25) is 0 Å². The van der Waals surface area contributed by atoms with Crippen molar-refractivity contribution in [1.82, 2.24) is 10.6 Å². The summed E-state index contributed by atoms with van der Waals surface area (Å²) in [6, 6.07) is 12.9. The minimum atomic E-state index is 0.567. The molecule has 2 N–H and O–H groups in total. The second-order valence-electron chi connectivity index (χ2n) is 6.32. The highest BCUT2D eigenvalue weighted by atomic mass is 15.0. The maximum atomic E-state index is 3.88. The van der Waals surface area contributed by atoms with E-state index in [0.29, 0.717) is 12.1 Å². The SMILES string of the molecule is CC(CC1CCCN1)NC(c1ccccc1)C1CC1. The molecule has 1 aliphatic heterocycles. The Morgan fingerprint density at radius 3 is 2.63 bits per heavy atom. The third kappa shape index (κ3) is 3.58. The lowest BCUT2D eigenvalue weighted by Gasteiger charge is -2.25. The highest BCUT2D eigenvalue weighted by Crippen LogP contribution is 2.41. The van der Waals surface area contributed by atoms with E-state index in [1.165, 1.54) is 44.2 Å².